The lowest BCUT2D eigenvalue weighted by Gasteiger charge is -2.15. The molecule has 8 heteroatoms. The van der Waals surface area contributed by atoms with E-state index in [1.807, 2.05) is 19.9 Å². The molecule has 1 aliphatic rings. The van der Waals surface area contributed by atoms with Gasteiger partial charge < -0.3 is 0 Å². The van der Waals surface area contributed by atoms with E-state index in [1.165, 1.54) is 17.8 Å². The first-order valence-electron chi connectivity index (χ1n) is 7.16. The Kier molecular flexibility index (Phi) is 4.80. The van der Waals surface area contributed by atoms with E-state index in [-0.39, 0.29) is 18.2 Å². The molecule has 0 aliphatic carbocycles. The summed E-state index contributed by atoms with van der Waals surface area (Å²) in [5.41, 5.74) is 2.06. The van der Waals surface area contributed by atoms with Gasteiger partial charge in [-0.25, -0.2) is 14.9 Å². The second kappa shape index (κ2) is 6.70. The Labute approximate surface area is 153 Å². The minimum atomic E-state index is -0.548. The first-order valence-corrected chi connectivity index (χ1v) is 8.79. The third kappa shape index (κ3) is 3.41. The van der Waals surface area contributed by atoms with Gasteiger partial charge in [-0.2, -0.15) is 0 Å². The third-order valence-corrected chi connectivity index (χ3v) is 5.26. The number of benzene rings is 1. The van der Waals surface area contributed by atoms with Crippen LogP contribution in [0.1, 0.15) is 17.8 Å². The summed E-state index contributed by atoms with van der Waals surface area (Å²) in [4.78, 5) is 34.7. The molecule has 0 unspecified atom stereocenters. The van der Waals surface area contributed by atoms with Gasteiger partial charge in [0.25, 0.3) is 0 Å². The van der Waals surface area contributed by atoms with E-state index in [0.717, 1.165) is 16.3 Å². The molecule has 1 fully saturated rings. The maximum absolute atomic E-state index is 12.6. The van der Waals surface area contributed by atoms with Crippen molar-refractivity contribution in [3.8, 4) is 0 Å². The topological polar surface area (TPSA) is 63.2 Å². The smallest absolute Gasteiger partial charge is 0.247 e. The number of anilines is 1. The van der Waals surface area contributed by atoms with Crippen LogP contribution in [0, 0.1) is 13.8 Å². The van der Waals surface area contributed by atoms with Crippen molar-refractivity contribution in [3.05, 3.63) is 45.7 Å². The number of aryl methyl sites for hydroxylation is 2. The van der Waals surface area contributed by atoms with E-state index in [9.17, 15) is 9.59 Å². The number of carbonyl (C=O) groups is 2. The molecule has 2 aromatic rings. The Morgan fingerprint density at radius 2 is 1.75 bits per heavy atom. The summed E-state index contributed by atoms with van der Waals surface area (Å²) >= 11 is 13.1. The van der Waals surface area contributed by atoms with E-state index in [0.29, 0.717) is 20.9 Å². The van der Waals surface area contributed by atoms with Gasteiger partial charge in [-0.15, -0.1) is 0 Å². The van der Waals surface area contributed by atoms with Gasteiger partial charge in [0.1, 0.15) is 5.25 Å². The highest BCUT2D eigenvalue weighted by molar-refractivity contribution is 8.00. The summed E-state index contributed by atoms with van der Waals surface area (Å²) in [5, 5.41) is 0.611. The highest BCUT2D eigenvalue weighted by Gasteiger charge is 2.40. The number of halogens is 2. The second-order valence-corrected chi connectivity index (χ2v) is 7.39. The summed E-state index contributed by atoms with van der Waals surface area (Å²) in [6.45, 7) is 3.73. The fraction of sp³-hybridized carbons (Fsp3) is 0.250. The largest absolute Gasteiger partial charge is 0.274 e. The minimum Gasteiger partial charge on any atom is -0.274 e. The van der Waals surface area contributed by atoms with Crippen LogP contribution in [0.15, 0.2) is 29.4 Å². The number of aromatic nitrogens is 2. The number of hydrogen-bond donors (Lipinski definition) is 0. The van der Waals surface area contributed by atoms with Crippen molar-refractivity contribution >= 4 is 52.5 Å². The SMILES string of the molecule is Cc1cc(C)nc(S[C@H]2CC(=O)N(c3ccc(Cl)c(Cl)c3)C2=O)n1. The maximum atomic E-state index is 12.6. The zero-order chi connectivity index (χ0) is 17.4. The molecule has 5 nitrogen and oxygen atoms in total. The Morgan fingerprint density at radius 3 is 2.38 bits per heavy atom. The molecule has 1 aliphatic heterocycles. The molecule has 3 rings (SSSR count). The average molecular weight is 382 g/mol. The molecule has 124 valence electrons. The highest BCUT2D eigenvalue weighted by Crippen LogP contribution is 2.35. The van der Waals surface area contributed by atoms with Gasteiger partial charge in [0, 0.05) is 17.8 Å². The summed E-state index contributed by atoms with van der Waals surface area (Å²) in [5.74, 6) is -0.577. The molecular formula is C16H13Cl2N3O2S. The third-order valence-electron chi connectivity index (χ3n) is 3.48. The van der Waals surface area contributed by atoms with E-state index in [2.05, 4.69) is 9.97 Å². The average Bonchev–Trinajstić information content (AvgIpc) is 2.75. The molecule has 0 spiro atoms. The van der Waals surface area contributed by atoms with Crippen LogP contribution in [0.25, 0.3) is 0 Å². The Morgan fingerprint density at radius 1 is 1.08 bits per heavy atom. The van der Waals surface area contributed by atoms with Crippen LogP contribution in [0.2, 0.25) is 10.0 Å². The van der Waals surface area contributed by atoms with E-state index >= 15 is 0 Å². The molecule has 0 N–H and O–H groups in total. The van der Waals surface area contributed by atoms with Gasteiger partial charge in [-0.3, -0.25) is 9.59 Å². The lowest BCUT2D eigenvalue weighted by Crippen LogP contribution is -2.31. The Balaban J connectivity index is 1.84. The molecule has 0 bridgehead atoms. The lowest BCUT2D eigenvalue weighted by molar-refractivity contribution is -0.121. The number of rotatable bonds is 3. The molecular weight excluding hydrogens is 369 g/mol. The lowest BCUT2D eigenvalue weighted by atomic mass is 10.3. The first-order chi connectivity index (χ1) is 11.3. The standard InChI is InChI=1S/C16H13Cl2N3O2S/c1-8-5-9(2)20-16(19-8)24-13-7-14(22)21(15(13)23)10-3-4-11(17)12(18)6-10/h3-6,13H,7H2,1-2H3/t13-/m0/s1. The molecule has 1 aromatic heterocycles. The van der Waals surface area contributed by atoms with Crippen molar-refractivity contribution in [3.63, 3.8) is 0 Å². The van der Waals surface area contributed by atoms with Crippen molar-refractivity contribution in [2.24, 2.45) is 0 Å². The van der Waals surface area contributed by atoms with Crippen molar-refractivity contribution in [1.29, 1.82) is 0 Å². The summed E-state index contributed by atoms with van der Waals surface area (Å²) in [7, 11) is 0. The highest BCUT2D eigenvalue weighted by atomic mass is 35.5. The van der Waals surface area contributed by atoms with Gasteiger partial charge in [0.2, 0.25) is 11.8 Å². The van der Waals surface area contributed by atoms with Crippen molar-refractivity contribution in [2.45, 2.75) is 30.7 Å². The van der Waals surface area contributed by atoms with Crippen LogP contribution >= 0.6 is 35.0 Å². The molecule has 1 saturated heterocycles. The predicted molar refractivity (Wildman–Crippen MR) is 94.7 cm³/mol. The van der Waals surface area contributed by atoms with E-state index in [1.54, 1.807) is 12.1 Å². The number of hydrogen-bond acceptors (Lipinski definition) is 5. The Hall–Kier alpha value is -1.63. The fourth-order valence-electron chi connectivity index (χ4n) is 2.47. The molecule has 2 heterocycles. The zero-order valence-electron chi connectivity index (χ0n) is 12.9. The summed E-state index contributed by atoms with van der Waals surface area (Å²) < 4.78 is 0. The van der Waals surface area contributed by atoms with E-state index in [4.69, 9.17) is 23.2 Å². The van der Waals surface area contributed by atoms with Gasteiger partial charge in [0.05, 0.1) is 15.7 Å². The van der Waals surface area contributed by atoms with Gasteiger partial charge >= 0.3 is 0 Å². The van der Waals surface area contributed by atoms with E-state index < -0.39 is 5.25 Å². The predicted octanol–water partition coefficient (Wildman–Crippen LogP) is 3.82. The molecule has 1 atom stereocenters. The number of nitrogens with zero attached hydrogens (tertiary/aromatic N) is 3. The van der Waals surface area contributed by atoms with Crippen molar-refractivity contribution in [2.75, 3.05) is 4.90 Å². The number of imide groups is 1. The van der Waals surface area contributed by atoms with Crippen LogP contribution in [0.3, 0.4) is 0 Å². The van der Waals surface area contributed by atoms with Crippen LogP contribution < -0.4 is 4.90 Å². The van der Waals surface area contributed by atoms with Crippen LogP contribution in [-0.2, 0) is 9.59 Å². The quantitative estimate of drug-likeness (QED) is 0.597. The van der Waals surface area contributed by atoms with Crippen LogP contribution in [0.5, 0.6) is 0 Å². The monoisotopic (exact) mass is 381 g/mol. The maximum Gasteiger partial charge on any atom is 0.247 e. The number of amides is 2. The minimum absolute atomic E-state index is 0.0973. The van der Waals surface area contributed by atoms with Gasteiger partial charge in [-0.1, -0.05) is 35.0 Å². The summed E-state index contributed by atoms with van der Waals surface area (Å²) in [6.07, 6.45) is 0.0973. The zero-order valence-corrected chi connectivity index (χ0v) is 15.2. The van der Waals surface area contributed by atoms with Gasteiger partial charge in [-0.05, 0) is 38.1 Å². The molecule has 1 aromatic carbocycles. The number of carbonyl (C=O) groups excluding carboxylic acids is 2. The van der Waals surface area contributed by atoms with Crippen molar-refractivity contribution in [1.82, 2.24) is 9.97 Å². The molecule has 2 amide bonds. The molecule has 0 radical (unpaired) electrons. The second-order valence-electron chi connectivity index (χ2n) is 5.41. The summed E-state index contributed by atoms with van der Waals surface area (Å²) in [6, 6.07) is 6.53. The molecule has 0 saturated carbocycles. The van der Waals surface area contributed by atoms with Crippen LogP contribution in [0.4, 0.5) is 5.69 Å². The normalized spacial score (nSPS) is 17.7. The molecule has 24 heavy (non-hydrogen) atoms. The number of thioether (sulfide) groups is 1. The van der Waals surface area contributed by atoms with Crippen molar-refractivity contribution < 1.29 is 9.59 Å². The fourth-order valence-corrected chi connectivity index (χ4v) is 3.84. The Bertz CT molecular complexity index is 824. The van der Waals surface area contributed by atoms with Crippen LogP contribution in [-0.4, -0.2) is 27.0 Å². The van der Waals surface area contributed by atoms with Gasteiger partial charge in [0.15, 0.2) is 5.16 Å². The first kappa shape index (κ1) is 17.2.